The van der Waals surface area contributed by atoms with Gasteiger partial charge in [-0.2, -0.15) is 0 Å². The number of benzene rings is 2. The van der Waals surface area contributed by atoms with Gasteiger partial charge in [-0.3, -0.25) is 9.69 Å². The van der Waals surface area contributed by atoms with Gasteiger partial charge in [-0.05, 0) is 43.8 Å². The van der Waals surface area contributed by atoms with Crippen LogP contribution in [0, 0.1) is 6.92 Å². The van der Waals surface area contributed by atoms with Crippen molar-refractivity contribution in [3.8, 4) is 0 Å². The van der Waals surface area contributed by atoms with E-state index in [4.69, 9.17) is 0 Å². The van der Waals surface area contributed by atoms with E-state index < -0.39 is 0 Å². The van der Waals surface area contributed by atoms with Crippen LogP contribution in [0.4, 0.5) is 5.69 Å². The molecular weight excluding hydrogens is 348 g/mol. The smallest absolute Gasteiger partial charge is 0.251 e. The van der Waals surface area contributed by atoms with Crippen LogP contribution in [0.3, 0.4) is 0 Å². The van der Waals surface area contributed by atoms with Crippen LogP contribution in [0.25, 0.3) is 0 Å². The lowest BCUT2D eigenvalue weighted by molar-refractivity contribution is 0.0886. The van der Waals surface area contributed by atoms with Crippen LogP contribution in [-0.2, 0) is 0 Å². The van der Waals surface area contributed by atoms with Crippen molar-refractivity contribution in [1.82, 2.24) is 15.1 Å². The molecule has 3 rings (SSSR count). The van der Waals surface area contributed by atoms with E-state index >= 15 is 0 Å². The quantitative estimate of drug-likeness (QED) is 0.836. The lowest BCUT2D eigenvalue weighted by atomic mass is 10.0. The number of nitrogens with zero attached hydrogens (tertiary/aromatic N) is 3. The molecule has 1 saturated heterocycles. The summed E-state index contributed by atoms with van der Waals surface area (Å²) in [6.45, 7) is 6.75. The first-order valence-electron chi connectivity index (χ1n) is 9.99. The number of nitrogens with one attached hydrogen (secondary N) is 1. The molecule has 1 N–H and O–H groups in total. The number of piperazine rings is 1. The summed E-state index contributed by atoms with van der Waals surface area (Å²) in [7, 11) is 6.27. The lowest BCUT2D eigenvalue weighted by Gasteiger charge is -2.38. The summed E-state index contributed by atoms with van der Waals surface area (Å²) < 4.78 is 0. The van der Waals surface area contributed by atoms with Gasteiger partial charge in [0, 0.05) is 58.1 Å². The number of carbonyl (C=O) groups is 1. The molecular formula is C23H32N4O. The third-order valence-electron chi connectivity index (χ3n) is 5.51. The first-order chi connectivity index (χ1) is 13.4. The largest absolute Gasteiger partial charge is 0.378 e. The highest BCUT2D eigenvalue weighted by Gasteiger charge is 2.24. The molecule has 5 heteroatoms. The summed E-state index contributed by atoms with van der Waals surface area (Å²) in [5.74, 6) is -0.00672. The molecule has 2 aromatic carbocycles. The topological polar surface area (TPSA) is 38.8 Å². The SMILES string of the molecule is Cc1cccc(C(=O)NCC(c2ccc(N(C)C)cc2)N2CCN(C)CC2)c1. The molecule has 0 bridgehead atoms. The van der Waals surface area contributed by atoms with Crippen LogP contribution in [0.2, 0.25) is 0 Å². The van der Waals surface area contributed by atoms with Gasteiger partial charge in [0.1, 0.15) is 0 Å². The average molecular weight is 381 g/mol. The molecule has 1 unspecified atom stereocenters. The molecule has 1 aliphatic rings. The molecule has 28 heavy (non-hydrogen) atoms. The molecule has 1 amide bonds. The van der Waals surface area contributed by atoms with Gasteiger partial charge >= 0.3 is 0 Å². The van der Waals surface area contributed by atoms with Crippen LogP contribution in [0.1, 0.15) is 27.5 Å². The number of anilines is 1. The van der Waals surface area contributed by atoms with E-state index in [-0.39, 0.29) is 11.9 Å². The summed E-state index contributed by atoms with van der Waals surface area (Å²) in [6.07, 6.45) is 0. The minimum atomic E-state index is -0.00672. The average Bonchev–Trinajstić information content (AvgIpc) is 2.69. The van der Waals surface area contributed by atoms with Crippen molar-refractivity contribution in [3.63, 3.8) is 0 Å². The van der Waals surface area contributed by atoms with Crippen molar-refractivity contribution in [2.24, 2.45) is 0 Å². The second kappa shape index (κ2) is 9.22. The Labute approximate surface area is 168 Å². The molecule has 0 radical (unpaired) electrons. The zero-order valence-corrected chi connectivity index (χ0v) is 17.5. The monoisotopic (exact) mass is 380 g/mol. The Morgan fingerprint density at radius 1 is 1.07 bits per heavy atom. The van der Waals surface area contributed by atoms with Crippen molar-refractivity contribution in [3.05, 3.63) is 65.2 Å². The first kappa shape index (κ1) is 20.4. The van der Waals surface area contributed by atoms with Gasteiger partial charge < -0.3 is 15.1 Å². The Balaban J connectivity index is 1.75. The highest BCUT2D eigenvalue weighted by molar-refractivity contribution is 5.94. The number of rotatable bonds is 6. The fourth-order valence-electron chi connectivity index (χ4n) is 3.66. The summed E-state index contributed by atoms with van der Waals surface area (Å²) in [4.78, 5) is 19.6. The first-order valence-corrected chi connectivity index (χ1v) is 9.99. The van der Waals surface area contributed by atoms with Crippen molar-refractivity contribution in [2.75, 3.05) is 58.8 Å². The van der Waals surface area contributed by atoms with Crippen LogP contribution >= 0.6 is 0 Å². The third kappa shape index (κ3) is 5.12. The van der Waals surface area contributed by atoms with Gasteiger partial charge in [0.05, 0.1) is 6.04 Å². The maximum atomic E-state index is 12.7. The highest BCUT2D eigenvalue weighted by Crippen LogP contribution is 2.24. The van der Waals surface area contributed by atoms with E-state index in [9.17, 15) is 4.79 Å². The van der Waals surface area contributed by atoms with Crippen LogP contribution in [0.5, 0.6) is 0 Å². The zero-order valence-electron chi connectivity index (χ0n) is 17.5. The van der Waals surface area contributed by atoms with Gasteiger partial charge in [0.25, 0.3) is 5.91 Å². The third-order valence-corrected chi connectivity index (χ3v) is 5.51. The summed E-state index contributed by atoms with van der Waals surface area (Å²) >= 11 is 0. The van der Waals surface area contributed by atoms with Crippen molar-refractivity contribution >= 4 is 11.6 Å². The Morgan fingerprint density at radius 3 is 2.36 bits per heavy atom. The Morgan fingerprint density at radius 2 is 1.75 bits per heavy atom. The summed E-state index contributed by atoms with van der Waals surface area (Å²) in [5, 5.41) is 3.17. The molecule has 1 heterocycles. The second-order valence-electron chi connectivity index (χ2n) is 7.92. The molecule has 1 aliphatic heterocycles. The number of likely N-dealkylation sites (N-methyl/N-ethyl adjacent to an activating group) is 1. The summed E-state index contributed by atoms with van der Waals surface area (Å²) in [6, 6.07) is 16.6. The molecule has 150 valence electrons. The van der Waals surface area contributed by atoms with E-state index in [1.165, 1.54) is 11.3 Å². The van der Waals surface area contributed by atoms with Crippen LogP contribution < -0.4 is 10.2 Å². The number of amides is 1. The zero-order chi connectivity index (χ0) is 20.1. The maximum absolute atomic E-state index is 12.7. The second-order valence-corrected chi connectivity index (χ2v) is 7.92. The van der Waals surface area contributed by atoms with Gasteiger partial charge in [-0.25, -0.2) is 0 Å². The lowest BCUT2D eigenvalue weighted by Crippen LogP contribution is -2.48. The van der Waals surface area contributed by atoms with Crippen LogP contribution in [-0.4, -0.2) is 69.6 Å². The normalized spacial score (nSPS) is 16.6. The van der Waals surface area contributed by atoms with Gasteiger partial charge in [-0.15, -0.1) is 0 Å². The van der Waals surface area contributed by atoms with E-state index in [0.29, 0.717) is 6.54 Å². The fourth-order valence-corrected chi connectivity index (χ4v) is 3.66. The molecule has 0 aromatic heterocycles. The van der Waals surface area contributed by atoms with E-state index in [0.717, 1.165) is 37.3 Å². The van der Waals surface area contributed by atoms with Gasteiger partial charge in [-0.1, -0.05) is 29.8 Å². The van der Waals surface area contributed by atoms with E-state index in [2.05, 4.69) is 65.4 Å². The molecule has 0 spiro atoms. The van der Waals surface area contributed by atoms with Crippen molar-refractivity contribution < 1.29 is 4.79 Å². The van der Waals surface area contributed by atoms with Gasteiger partial charge in [0.15, 0.2) is 0 Å². The van der Waals surface area contributed by atoms with E-state index in [1.54, 1.807) is 0 Å². The Hall–Kier alpha value is -2.37. The van der Waals surface area contributed by atoms with Gasteiger partial charge in [0.2, 0.25) is 0 Å². The number of hydrogen-bond acceptors (Lipinski definition) is 4. The standard InChI is InChI=1S/C23H32N4O/c1-18-6-5-7-20(16-18)23(28)24-17-22(27-14-12-26(4)13-15-27)19-8-10-21(11-9-19)25(2)3/h5-11,16,22H,12-15,17H2,1-4H3,(H,24,28). The van der Waals surface area contributed by atoms with Crippen molar-refractivity contribution in [1.29, 1.82) is 0 Å². The fraction of sp³-hybridized carbons (Fsp3) is 0.435. The number of aryl methyl sites for hydroxylation is 1. The van der Waals surface area contributed by atoms with E-state index in [1.807, 2.05) is 31.2 Å². The molecule has 1 fully saturated rings. The number of carbonyl (C=O) groups excluding carboxylic acids is 1. The minimum Gasteiger partial charge on any atom is -0.378 e. The molecule has 5 nitrogen and oxygen atoms in total. The maximum Gasteiger partial charge on any atom is 0.251 e. The highest BCUT2D eigenvalue weighted by atomic mass is 16.1. The molecule has 2 aromatic rings. The molecule has 1 atom stereocenters. The molecule has 0 saturated carbocycles. The Kier molecular flexibility index (Phi) is 6.70. The molecule has 0 aliphatic carbocycles. The minimum absolute atomic E-state index is 0.00672. The Bertz CT molecular complexity index is 779. The number of hydrogen-bond donors (Lipinski definition) is 1. The summed E-state index contributed by atoms with van der Waals surface area (Å²) in [5.41, 5.74) is 4.26. The van der Waals surface area contributed by atoms with Crippen LogP contribution in [0.15, 0.2) is 48.5 Å². The predicted molar refractivity (Wildman–Crippen MR) is 116 cm³/mol. The predicted octanol–water partition coefficient (Wildman–Crippen LogP) is 2.78. The van der Waals surface area contributed by atoms with Crippen molar-refractivity contribution in [2.45, 2.75) is 13.0 Å².